The number of nitrogens with zero attached hydrogens (tertiary/aromatic N) is 4. The fraction of sp³-hybridized carbons (Fsp3) is 0.533. The zero-order valence-corrected chi connectivity index (χ0v) is 23.3. The second-order valence-corrected chi connectivity index (χ2v) is 11.7. The Morgan fingerprint density at radius 3 is 2.41 bits per heavy atom. The molecule has 2 atom stereocenters. The zero-order valence-electron chi connectivity index (χ0n) is 23.3. The number of halogens is 1. The molecule has 1 N–H and O–H groups in total. The maximum absolute atomic E-state index is 14.6. The van der Waals surface area contributed by atoms with E-state index in [9.17, 15) is 23.9 Å². The third-order valence-corrected chi connectivity index (χ3v) is 7.90. The summed E-state index contributed by atoms with van der Waals surface area (Å²) in [7, 11) is 0. The predicted molar refractivity (Wildman–Crippen MR) is 147 cm³/mol. The largest absolute Gasteiger partial charge is 0.481 e. The van der Waals surface area contributed by atoms with Crippen LogP contribution in [0.1, 0.15) is 56.5 Å². The lowest BCUT2D eigenvalue weighted by Crippen LogP contribution is -2.40. The number of hydrogen-bond donors (Lipinski definition) is 1. The van der Waals surface area contributed by atoms with Crippen molar-refractivity contribution < 1.29 is 23.9 Å². The molecule has 0 saturated heterocycles. The number of aromatic nitrogens is 1. The normalized spacial score (nSPS) is 22.0. The Bertz CT molecular complexity index is 1200. The van der Waals surface area contributed by atoms with Crippen LogP contribution in [-0.4, -0.2) is 70.4 Å². The number of rotatable bonds is 5. The van der Waals surface area contributed by atoms with Gasteiger partial charge in [0.1, 0.15) is 5.82 Å². The van der Waals surface area contributed by atoms with E-state index in [2.05, 4.69) is 23.7 Å². The molecule has 2 amide bonds. The number of amides is 2. The van der Waals surface area contributed by atoms with E-state index in [4.69, 9.17) is 0 Å². The first-order valence-electron chi connectivity index (χ1n) is 13.7. The summed E-state index contributed by atoms with van der Waals surface area (Å²) in [5.41, 5.74) is 0.842. The molecule has 1 aromatic carbocycles. The smallest absolute Gasteiger partial charge is 0.307 e. The molecule has 2 aliphatic rings. The Hall–Kier alpha value is -3.33. The van der Waals surface area contributed by atoms with Gasteiger partial charge in [-0.15, -0.1) is 0 Å². The first kappa shape index (κ1) is 28.7. The van der Waals surface area contributed by atoms with Crippen LogP contribution in [0.15, 0.2) is 42.7 Å². The molecule has 210 valence electrons. The molecule has 9 heteroatoms. The fourth-order valence-electron chi connectivity index (χ4n) is 5.90. The molecular weight excluding hydrogens is 499 g/mol. The van der Waals surface area contributed by atoms with E-state index in [1.54, 1.807) is 48.0 Å². The number of carbonyl (C=O) groups excluding carboxylic acids is 2. The lowest BCUT2D eigenvalue weighted by atomic mass is 10.1. The van der Waals surface area contributed by atoms with Gasteiger partial charge in [-0.1, -0.05) is 27.7 Å². The second kappa shape index (κ2) is 11.8. The highest BCUT2D eigenvalue weighted by Gasteiger charge is 2.66. The number of anilines is 1. The minimum absolute atomic E-state index is 0.0891. The average molecular weight is 539 g/mol. The number of pyridine rings is 1. The molecule has 1 aliphatic carbocycles. The third-order valence-electron chi connectivity index (χ3n) is 7.90. The monoisotopic (exact) mass is 538 g/mol. The van der Waals surface area contributed by atoms with Gasteiger partial charge < -0.3 is 19.8 Å². The third kappa shape index (κ3) is 6.46. The zero-order chi connectivity index (χ0) is 28.3. The molecule has 0 bridgehead atoms. The maximum Gasteiger partial charge on any atom is 0.307 e. The van der Waals surface area contributed by atoms with Gasteiger partial charge in [-0.25, -0.2) is 4.39 Å². The van der Waals surface area contributed by atoms with Crippen molar-refractivity contribution in [2.75, 3.05) is 37.6 Å². The van der Waals surface area contributed by atoms with Crippen LogP contribution in [0.4, 0.5) is 10.1 Å². The van der Waals surface area contributed by atoms with Crippen molar-refractivity contribution in [3.63, 3.8) is 0 Å². The number of carbonyl (C=O) groups is 3. The number of fused-ring (bicyclic) bond motifs is 1. The number of benzene rings is 1. The van der Waals surface area contributed by atoms with Crippen LogP contribution >= 0.6 is 0 Å². The Balaban J connectivity index is 1.72. The van der Waals surface area contributed by atoms with Gasteiger partial charge in [-0.2, -0.15) is 0 Å². The van der Waals surface area contributed by atoms with Crippen molar-refractivity contribution in [2.24, 2.45) is 23.2 Å². The van der Waals surface area contributed by atoms with Crippen LogP contribution in [0, 0.1) is 29.0 Å². The first-order valence-corrected chi connectivity index (χ1v) is 13.7. The van der Waals surface area contributed by atoms with Gasteiger partial charge in [0.2, 0.25) is 5.91 Å². The first-order chi connectivity index (χ1) is 18.5. The van der Waals surface area contributed by atoms with E-state index in [-0.39, 0.29) is 18.4 Å². The lowest BCUT2D eigenvalue weighted by molar-refractivity contribution is -0.142. The summed E-state index contributed by atoms with van der Waals surface area (Å²) in [6.07, 6.45) is 4.57. The van der Waals surface area contributed by atoms with E-state index in [1.165, 1.54) is 18.3 Å². The number of aliphatic carboxylic acids is 1. The average Bonchev–Trinajstić information content (AvgIpc) is 3.47. The van der Waals surface area contributed by atoms with E-state index in [1.807, 2.05) is 0 Å². The molecular formula is C30H39FN4O4. The highest BCUT2D eigenvalue weighted by Crippen LogP contribution is 2.59. The standard InChI is InChI=1S/C30H39FN4O4/c1-20(2)18-33-12-6-14-34(28(37)25-26(29(38)39)30(25,3)4)19-22-16-23(31)9-10-24(22)35(15-7-13-33)27(36)21-8-5-11-32-17-21/h5,8-11,16-17,20,25-26H,6-7,12-15,18-19H2,1-4H3,(H,38,39). The molecule has 8 nitrogen and oxygen atoms in total. The molecule has 39 heavy (non-hydrogen) atoms. The lowest BCUT2D eigenvalue weighted by Gasteiger charge is -2.32. The predicted octanol–water partition coefficient (Wildman–Crippen LogP) is 4.30. The SMILES string of the molecule is CC(C)CN1CCCN(C(=O)C2C(C(=O)O)C2(C)C)Cc2cc(F)ccc2N(C(=O)c2cccnc2)CCC1. The Morgan fingerprint density at radius 1 is 1.08 bits per heavy atom. The minimum atomic E-state index is -0.976. The van der Waals surface area contributed by atoms with E-state index >= 15 is 0 Å². The van der Waals surface area contributed by atoms with Crippen molar-refractivity contribution in [2.45, 2.75) is 47.1 Å². The van der Waals surface area contributed by atoms with Crippen LogP contribution in [0.5, 0.6) is 0 Å². The van der Waals surface area contributed by atoms with Gasteiger partial charge in [0.15, 0.2) is 0 Å². The minimum Gasteiger partial charge on any atom is -0.481 e. The molecule has 4 rings (SSSR count). The van der Waals surface area contributed by atoms with Crippen molar-refractivity contribution >= 4 is 23.5 Å². The highest BCUT2D eigenvalue weighted by molar-refractivity contribution is 6.06. The summed E-state index contributed by atoms with van der Waals surface area (Å²) in [4.78, 5) is 49.1. The molecule has 1 fully saturated rings. The van der Waals surface area contributed by atoms with E-state index in [0.29, 0.717) is 42.2 Å². The second-order valence-electron chi connectivity index (χ2n) is 11.7. The molecule has 1 saturated carbocycles. The van der Waals surface area contributed by atoms with Gasteiger partial charge in [-0.05, 0) is 73.2 Å². The summed E-state index contributed by atoms with van der Waals surface area (Å²) in [6, 6.07) is 7.71. The van der Waals surface area contributed by atoms with E-state index < -0.39 is 29.0 Å². The molecule has 0 spiro atoms. The number of hydrogen-bond acceptors (Lipinski definition) is 5. The number of carboxylic acid groups (broad SMARTS) is 1. The van der Waals surface area contributed by atoms with Crippen LogP contribution in [0.3, 0.4) is 0 Å². The van der Waals surface area contributed by atoms with Crippen molar-refractivity contribution in [3.05, 3.63) is 59.7 Å². The summed E-state index contributed by atoms with van der Waals surface area (Å²) < 4.78 is 14.6. The molecule has 0 radical (unpaired) electrons. The van der Waals surface area contributed by atoms with Gasteiger partial charge in [-0.3, -0.25) is 19.4 Å². The Morgan fingerprint density at radius 2 is 1.79 bits per heavy atom. The van der Waals surface area contributed by atoms with Gasteiger partial charge in [0.05, 0.1) is 17.4 Å². The van der Waals surface area contributed by atoms with Crippen LogP contribution in [0.2, 0.25) is 0 Å². The highest BCUT2D eigenvalue weighted by atomic mass is 19.1. The molecule has 2 aromatic rings. The van der Waals surface area contributed by atoms with Crippen LogP contribution in [0.25, 0.3) is 0 Å². The van der Waals surface area contributed by atoms with Crippen LogP contribution in [-0.2, 0) is 16.1 Å². The molecule has 2 unspecified atom stereocenters. The van der Waals surface area contributed by atoms with Gasteiger partial charge in [0.25, 0.3) is 5.91 Å². The summed E-state index contributed by atoms with van der Waals surface area (Å²) in [5.74, 6) is -2.85. The fourth-order valence-corrected chi connectivity index (χ4v) is 5.90. The molecule has 2 heterocycles. The molecule has 1 aromatic heterocycles. The Kier molecular flexibility index (Phi) is 8.69. The van der Waals surface area contributed by atoms with Crippen molar-refractivity contribution in [1.82, 2.24) is 14.8 Å². The van der Waals surface area contributed by atoms with Crippen molar-refractivity contribution in [1.29, 1.82) is 0 Å². The van der Waals surface area contributed by atoms with E-state index in [0.717, 1.165) is 26.1 Å². The van der Waals surface area contributed by atoms with Gasteiger partial charge >= 0.3 is 5.97 Å². The Labute approximate surface area is 229 Å². The topological polar surface area (TPSA) is 94.0 Å². The van der Waals surface area contributed by atoms with Crippen molar-refractivity contribution in [3.8, 4) is 0 Å². The van der Waals surface area contributed by atoms with Gasteiger partial charge in [0, 0.05) is 44.3 Å². The summed E-state index contributed by atoms with van der Waals surface area (Å²) in [5, 5.41) is 9.70. The van der Waals surface area contributed by atoms with Crippen LogP contribution < -0.4 is 4.90 Å². The quantitative estimate of drug-likeness (QED) is 0.610. The summed E-state index contributed by atoms with van der Waals surface area (Å²) in [6.45, 7) is 11.3. The summed E-state index contributed by atoms with van der Waals surface area (Å²) >= 11 is 0. The number of carboxylic acids is 1. The molecule has 1 aliphatic heterocycles. The maximum atomic E-state index is 14.6.